The predicted molar refractivity (Wildman–Crippen MR) is 98.8 cm³/mol. The number of rotatable bonds is 6. The van der Waals surface area contributed by atoms with Crippen LogP contribution in [0.15, 0.2) is 84.0 Å². The highest BCUT2D eigenvalue weighted by Crippen LogP contribution is 2.23. The van der Waals surface area contributed by atoms with E-state index in [-0.39, 0.29) is 0 Å². The Hall–Kier alpha value is -2.78. The molecule has 0 saturated carbocycles. The molecule has 0 aliphatic carbocycles. The van der Waals surface area contributed by atoms with Crippen LogP contribution >= 0.6 is 11.6 Å². The van der Waals surface area contributed by atoms with Crippen LogP contribution in [-0.4, -0.2) is 6.21 Å². The van der Waals surface area contributed by atoms with Crippen molar-refractivity contribution in [3.8, 4) is 11.5 Å². The molecular weight excluding hydrogens is 320 g/mol. The van der Waals surface area contributed by atoms with E-state index in [9.17, 15) is 0 Å². The number of halogens is 1. The lowest BCUT2D eigenvalue weighted by Gasteiger charge is -2.05. The Bertz CT molecular complexity index is 784. The van der Waals surface area contributed by atoms with E-state index >= 15 is 0 Å². The third kappa shape index (κ3) is 4.86. The van der Waals surface area contributed by atoms with Crippen LogP contribution in [0.4, 0.5) is 0 Å². The highest BCUT2D eigenvalue weighted by molar-refractivity contribution is 6.30. The third-order valence-electron chi connectivity index (χ3n) is 3.36. The molecule has 0 aliphatic heterocycles. The topological polar surface area (TPSA) is 33.6 Å². The quantitative estimate of drug-likeness (QED) is 0.492. The summed E-state index contributed by atoms with van der Waals surface area (Å²) in [6.45, 7) is 0.703. The van der Waals surface area contributed by atoms with Gasteiger partial charge in [-0.3, -0.25) is 0 Å². The van der Waals surface area contributed by atoms with Gasteiger partial charge in [0.15, 0.2) is 0 Å². The van der Waals surface area contributed by atoms with E-state index < -0.39 is 0 Å². The van der Waals surface area contributed by atoms with Gasteiger partial charge >= 0.3 is 0 Å². The molecule has 24 heavy (non-hydrogen) atoms. The Labute approximate surface area is 146 Å². The van der Waals surface area contributed by atoms with Gasteiger partial charge in [-0.05, 0) is 59.7 Å². The Balaban J connectivity index is 1.52. The summed E-state index contributed by atoms with van der Waals surface area (Å²) in [5.41, 5.74) is 5.23. The van der Waals surface area contributed by atoms with Crippen LogP contribution < -0.4 is 10.2 Å². The second-order valence-corrected chi connectivity index (χ2v) is 5.64. The minimum atomic E-state index is 0.692. The van der Waals surface area contributed by atoms with E-state index in [1.54, 1.807) is 18.3 Å². The number of hydrogen-bond acceptors (Lipinski definition) is 3. The van der Waals surface area contributed by atoms with Crippen LogP contribution in [0.25, 0.3) is 0 Å². The first-order valence-corrected chi connectivity index (χ1v) is 8.01. The van der Waals surface area contributed by atoms with Gasteiger partial charge in [-0.25, -0.2) is 0 Å². The minimum absolute atomic E-state index is 0.692. The number of ether oxygens (including phenoxy) is 1. The van der Waals surface area contributed by atoms with E-state index in [1.807, 2.05) is 54.6 Å². The minimum Gasteiger partial charge on any atom is -0.457 e. The van der Waals surface area contributed by atoms with Crippen molar-refractivity contribution in [1.29, 1.82) is 0 Å². The smallest absolute Gasteiger partial charge is 0.127 e. The molecule has 1 N–H and O–H groups in total. The van der Waals surface area contributed by atoms with E-state index in [2.05, 4.69) is 22.7 Å². The maximum Gasteiger partial charge on any atom is 0.127 e. The van der Waals surface area contributed by atoms with Crippen LogP contribution in [0.5, 0.6) is 11.5 Å². The van der Waals surface area contributed by atoms with E-state index in [0.29, 0.717) is 11.6 Å². The van der Waals surface area contributed by atoms with E-state index in [0.717, 1.165) is 17.1 Å². The van der Waals surface area contributed by atoms with Crippen molar-refractivity contribution in [3.63, 3.8) is 0 Å². The lowest BCUT2D eigenvalue weighted by molar-refractivity contribution is 0.482. The Morgan fingerprint density at radius 1 is 0.833 bits per heavy atom. The molecule has 0 heterocycles. The summed E-state index contributed by atoms with van der Waals surface area (Å²) in [5.74, 6) is 1.53. The molecule has 4 heteroatoms. The second-order valence-electron chi connectivity index (χ2n) is 5.20. The van der Waals surface area contributed by atoms with Gasteiger partial charge in [0.05, 0.1) is 12.8 Å². The number of nitrogens with zero attached hydrogens (tertiary/aromatic N) is 1. The fourth-order valence-corrected chi connectivity index (χ4v) is 2.24. The molecule has 3 aromatic rings. The molecule has 0 aliphatic rings. The SMILES string of the molecule is Clc1ccc(Oc2ccc(C=NNCc3ccccc3)cc2)cc1. The van der Waals surface area contributed by atoms with Crippen molar-refractivity contribution in [2.45, 2.75) is 6.54 Å². The van der Waals surface area contributed by atoms with E-state index in [4.69, 9.17) is 16.3 Å². The number of benzene rings is 3. The Kier molecular flexibility index (Phi) is 5.48. The summed E-state index contributed by atoms with van der Waals surface area (Å²) in [6, 6.07) is 25.2. The largest absolute Gasteiger partial charge is 0.457 e. The summed E-state index contributed by atoms with van der Waals surface area (Å²) in [6.07, 6.45) is 1.79. The number of hydrogen-bond donors (Lipinski definition) is 1. The molecule has 0 radical (unpaired) electrons. The van der Waals surface area contributed by atoms with Gasteiger partial charge in [0, 0.05) is 5.02 Å². The molecule has 0 atom stereocenters. The average Bonchev–Trinajstić information content (AvgIpc) is 2.63. The molecule has 0 aromatic heterocycles. The summed E-state index contributed by atoms with van der Waals surface area (Å²) in [7, 11) is 0. The van der Waals surface area contributed by atoms with Gasteiger partial charge in [0.1, 0.15) is 11.5 Å². The summed E-state index contributed by atoms with van der Waals surface area (Å²) < 4.78 is 5.75. The molecule has 0 saturated heterocycles. The monoisotopic (exact) mass is 336 g/mol. The highest BCUT2D eigenvalue weighted by atomic mass is 35.5. The number of hydrazone groups is 1. The zero-order valence-electron chi connectivity index (χ0n) is 13.0. The van der Waals surface area contributed by atoms with Gasteiger partial charge in [-0.1, -0.05) is 41.9 Å². The maximum atomic E-state index is 5.86. The normalized spacial score (nSPS) is 10.7. The standard InChI is InChI=1S/C20H17ClN2O/c21-18-8-12-20(13-9-18)24-19-10-6-17(7-11-19)15-23-22-14-16-4-2-1-3-5-16/h1-13,15,22H,14H2. The van der Waals surface area contributed by atoms with Crippen molar-refractivity contribution >= 4 is 17.8 Å². The molecule has 0 bridgehead atoms. The number of nitrogens with one attached hydrogen (secondary N) is 1. The molecule has 0 amide bonds. The average molecular weight is 337 g/mol. The van der Waals surface area contributed by atoms with Crippen LogP contribution in [0.1, 0.15) is 11.1 Å². The Morgan fingerprint density at radius 2 is 1.46 bits per heavy atom. The molecule has 3 rings (SSSR count). The van der Waals surface area contributed by atoms with Crippen molar-refractivity contribution < 1.29 is 4.74 Å². The zero-order chi connectivity index (χ0) is 16.6. The molecule has 3 aromatic carbocycles. The molecule has 0 fully saturated rings. The maximum absolute atomic E-state index is 5.86. The lowest BCUT2D eigenvalue weighted by atomic mass is 10.2. The lowest BCUT2D eigenvalue weighted by Crippen LogP contribution is -2.05. The van der Waals surface area contributed by atoms with Crippen LogP contribution in [0.3, 0.4) is 0 Å². The van der Waals surface area contributed by atoms with Crippen molar-refractivity contribution in [2.75, 3.05) is 0 Å². The Morgan fingerprint density at radius 3 is 2.12 bits per heavy atom. The molecular formula is C20H17ClN2O. The van der Waals surface area contributed by atoms with Gasteiger partial charge < -0.3 is 10.2 Å². The summed E-state index contributed by atoms with van der Waals surface area (Å²) in [5, 5.41) is 4.92. The zero-order valence-corrected chi connectivity index (χ0v) is 13.8. The second kappa shape index (κ2) is 8.18. The van der Waals surface area contributed by atoms with Crippen molar-refractivity contribution in [1.82, 2.24) is 5.43 Å². The van der Waals surface area contributed by atoms with Crippen molar-refractivity contribution in [2.24, 2.45) is 5.10 Å². The highest BCUT2D eigenvalue weighted by Gasteiger charge is 1.97. The predicted octanol–water partition coefficient (Wildman–Crippen LogP) is 5.26. The fraction of sp³-hybridized carbons (Fsp3) is 0.0500. The molecule has 0 unspecified atom stereocenters. The van der Waals surface area contributed by atoms with Crippen LogP contribution in [-0.2, 0) is 6.54 Å². The van der Waals surface area contributed by atoms with Gasteiger partial charge in [0.2, 0.25) is 0 Å². The van der Waals surface area contributed by atoms with Crippen LogP contribution in [0.2, 0.25) is 5.02 Å². The van der Waals surface area contributed by atoms with Crippen molar-refractivity contribution in [3.05, 3.63) is 95.0 Å². The molecule has 120 valence electrons. The summed E-state index contributed by atoms with van der Waals surface area (Å²) >= 11 is 5.86. The first-order chi connectivity index (χ1) is 11.8. The summed E-state index contributed by atoms with van der Waals surface area (Å²) in [4.78, 5) is 0. The first-order valence-electron chi connectivity index (χ1n) is 7.63. The van der Waals surface area contributed by atoms with Gasteiger partial charge in [0.25, 0.3) is 0 Å². The van der Waals surface area contributed by atoms with Crippen LogP contribution in [0, 0.1) is 0 Å². The molecule has 0 spiro atoms. The molecule has 3 nitrogen and oxygen atoms in total. The van der Waals surface area contributed by atoms with Gasteiger partial charge in [-0.15, -0.1) is 0 Å². The fourth-order valence-electron chi connectivity index (χ4n) is 2.11. The van der Waals surface area contributed by atoms with Gasteiger partial charge in [-0.2, -0.15) is 5.10 Å². The first kappa shape index (κ1) is 16.1. The van der Waals surface area contributed by atoms with E-state index in [1.165, 1.54) is 5.56 Å². The third-order valence-corrected chi connectivity index (χ3v) is 3.61.